The van der Waals surface area contributed by atoms with E-state index in [1.54, 1.807) is 39.1 Å². The number of hydrogen-bond donors (Lipinski definition) is 1. The third-order valence-corrected chi connectivity index (χ3v) is 4.05. The lowest BCUT2D eigenvalue weighted by Gasteiger charge is -2.27. The second-order valence-electron chi connectivity index (χ2n) is 6.50. The second kappa shape index (κ2) is 8.56. The Hall–Kier alpha value is -2.76. The summed E-state index contributed by atoms with van der Waals surface area (Å²) in [5.41, 5.74) is 0.664. The Labute approximate surface area is 151 Å². The second-order valence-corrected chi connectivity index (χ2v) is 6.50. The first kappa shape index (κ1) is 19.6. The van der Waals surface area contributed by atoms with Gasteiger partial charge >= 0.3 is 0 Å². The van der Waals surface area contributed by atoms with Crippen molar-refractivity contribution in [3.63, 3.8) is 0 Å². The fraction of sp³-hybridized carbons (Fsp3) is 0.300. The lowest BCUT2D eigenvalue weighted by molar-refractivity contribution is -0.133. The zero-order chi connectivity index (χ0) is 19.3. The number of carbonyl (C=O) groups excluding carboxylic acids is 2. The van der Waals surface area contributed by atoms with Crippen LogP contribution in [0, 0.1) is 17.6 Å². The number of nitrogens with one attached hydrogen (secondary N) is 1. The van der Waals surface area contributed by atoms with Crippen LogP contribution in [-0.4, -0.2) is 29.8 Å². The summed E-state index contributed by atoms with van der Waals surface area (Å²) >= 11 is 0. The molecule has 2 aromatic carbocycles. The van der Waals surface area contributed by atoms with Crippen LogP contribution in [0.4, 0.5) is 8.78 Å². The number of amides is 2. The highest BCUT2D eigenvalue weighted by Crippen LogP contribution is 2.12. The van der Waals surface area contributed by atoms with E-state index in [0.717, 1.165) is 5.56 Å². The molecule has 1 N–H and O–H groups in total. The summed E-state index contributed by atoms with van der Waals surface area (Å²) < 4.78 is 26.8. The average Bonchev–Trinajstić information content (AvgIpc) is 2.61. The van der Waals surface area contributed by atoms with Crippen molar-refractivity contribution in [3.8, 4) is 0 Å². The van der Waals surface area contributed by atoms with Crippen molar-refractivity contribution in [1.29, 1.82) is 0 Å². The van der Waals surface area contributed by atoms with Crippen molar-refractivity contribution in [3.05, 3.63) is 71.3 Å². The Morgan fingerprint density at radius 1 is 1.04 bits per heavy atom. The minimum absolute atomic E-state index is 0.105. The monoisotopic (exact) mass is 360 g/mol. The van der Waals surface area contributed by atoms with Crippen LogP contribution >= 0.6 is 0 Å². The molecular weight excluding hydrogens is 338 g/mol. The van der Waals surface area contributed by atoms with Crippen LogP contribution in [0.15, 0.2) is 48.5 Å². The quantitative estimate of drug-likeness (QED) is 0.859. The van der Waals surface area contributed by atoms with E-state index in [-0.39, 0.29) is 29.8 Å². The third-order valence-electron chi connectivity index (χ3n) is 4.05. The molecule has 0 saturated heterocycles. The lowest BCUT2D eigenvalue weighted by Crippen LogP contribution is -2.50. The van der Waals surface area contributed by atoms with Crippen molar-refractivity contribution in [2.45, 2.75) is 26.4 Å². The van der Waals surface area contributed by atoms with Crippen LogP contribution in [0.2, 0.25) is 0 Å². The van der Waals surface area contributed by atoms with E-state index in [4.69, 9.17) is 0 Å². The molecule has 0 aliphatic rings. The van der Waals surface area contributed by atoms with Gasteiger partial charge in [0.05, 0.1) is 5.56 Å². The first-order valence-corrected chi connectivity index (χ1v) is 8.34. The highest BCUT2D eigenvalue weighted by Gasteiger charge is 2.28. The maximum atomic E-state index is 13.8. The molecule has 2 aromatic rings. The molecule has 138 valence electrons. The summed E-state index contributed by atoms with van der Waals surface area (Å²) in [7, 11) is 1.61. The number of nitrogens with zero attached hydrogens (tertiary/aromatic N) is 1. The zero-order valence-electron chi connectivity index (χ0n) is 15.0. The minimum atomic E-state index is -0.799. The zero-order valence-corrected chi connectivity index (χ0v) is 15.0. The Balaban J connectivity index is 2.10. The maximum absolute atomic E-state index is 13.8. The number of rotatable bonds is 6. The fourth-order valence-electron chi connectivity index (χ4n) is 2.56. The molecule has 1 atom stereocenters. The van der Waals surface area contributed by atoms with E-state index in [2.05, 4.69) is 5.32 Å². The summed E-state index contributed by atoms with van der Waals surface area (Å²) in [6.45, 7) is 3.88. The molecule has 0 aromatic heterocycles. The van der Waals surface area contributed by atoms with Gasteiger partial charge in [0.1, 0.15) is 17.7 Å². The smallest absolute Gasteiger partial charge is 0.254 e. The van der Waals surface area contributed by atoms with Gasteiger partial charge in [0.2, 0.25) is 5.91 Å². The lowest BCUT2D eigenvalue weighted by atomic mass is 10.0. The van der Waals surface area contributed by atoms with Gasteiger partial charge in [0.15, 0.2) is 0 Å². The first-order chi connectivity index (χ1) is 12.3. The average molecular weight is 360 g/mol. The van der Waals surface area contributed by atoms with E-state index in [1.807, 2.05) is 0 Å². The molecule has 4 nitrogen and oxygen atoms in total. The summed E-state index contributed by atoms with van der Waals surface area (Å²) in [5.74, 6) is -2.10. The van der Waals surface area contributed by atoms with Gasteiger partial charge < -0.3 is 10.2 Å². The van der Waals surface area contributed by atoms with Gasteiger partial charge in [-0.05, 0) is 35.7 Å². The minimum Gasteiger partial charge on any atom is -0.340 e. The fourth-order valence-corrected chi connectivity index (χ4v) is 2.56. The normalized spacial score (nSPS) is 11.9. The Morgan fingerprint density at radius 2 is 1.65 bits per heavy atom. The van der Waals surface area contributed by atoms with Crippen LogP contribution < -0.4 is 5.32 Å². The number of carbonyl (C=O) groups is 2. The molecule has 26 heavy (non-hydrogen) atoms. The molecular formula is C20H22F2N2O2. The molecule has 2 rings (SSSR count). The van der Waals surface area contributed by atoms with Crippen molar-refractivity contribution in [2.75, 3.05) is 7.05 Å². The maximum Gasteiger partial charge on any atom is 0.254 e. The predicted octanol–water partition coefficient (Wildman–Crippen LogP) is 3.38. The molecule has 0 saturated carbocycles. The molecule has 1 unspecified atom stereocenters. The van der Waals surface area contributed by atoms with Gasteiger partial charge in [-0.15, -0.1) is 0 Å². The highest BCUT2D eigenvalue weighted by atomic mass is 19.1. The van der Waals surface area contributed by atoms with Crippen molar-refractivity contribution >= 4 is 11.8 Å². The van der Waals surface area contributed by atoms with Crippen LogP contribution in [0.5, 0.6) is 0 Å². The third kappa shape index (κ3) is 4.88. The van der Waals surface area contributed by atoms with Crippen LogP contribution in [0.1, 0.15) is 29.8 Å². The summed E-state index contributed by atoms with van der Waals surface area (Å²) in [4.78, 5) is 26.5. The summed E-state index contributed by atoms with van der Waals surface area (Å²) in [5, 5.41) is 2.62. The predicted molar refractivity (Wildman–Crippen MR) is 95.4 cm³/mol. The van der Waals surface area contributed by atoms with Crippen molar-refractivity contribution in [2.24, 2.45) is 5.92 Å². The van der Waals surface area contributed by atoms with E-state index in [1.165, 1.54) is 35.2 Å². The Kier molecular flexibility index (Phi) is 6.44. The van der Waals surface area contributed by atoms with Crippen molar-refractivity contribution in [1.82, 2.24) is 10.2 Å². The Bertz CT molecular complexity index is 776. The van der Waals surface area contributed by atoms with E-state index < -0.39 is 17.8 Å². The Morgan fingerprint density at radius 3 is 2.23 bits per heavy atom. The van der Waals surface area contributed by atoms with Crippen LogP contribution in [0.3, 0.4) is 0 Å². The van der Waals surface area contributed by atoms with E-state index >= 15 is 0 Å². The molecule has 0 bridgehead atoms. The van der Waals surface area contributed by atoms with Gasteiger partial charge in [-0.1, -0.05) is 38.1 Å². The van der Waals surface area contributed by atoms with Crippen LogP contribution in [-0.2, 0) is 11.3 Å². The highest BCUT2D eigenvalue weighted by molar-refractivity contribution is 5.97. The standard InChI is InChI=1S/C20H22F2N2O2/c1-13(2)18(23-19(25)16-6-4-5-7-17(16)22)20(26)24(3)12-14-8-10-15(21)11-9-14/h4-11,13,18H,12H2,1-3H3,(H,23,25). The number of halogens is 2. The molecule has 0 spiro atoms. The summed E-state index contributed by atoms with van der Waals surface area (Å²) in [6, 6.07) is 10.7. The van der Waals surface area contributed by atoms with Gasteiger partial charge in [0, 0.05) is 13.6 Å². The molecule has 2 amide bonds. The summed E-state index contributed by atoms with van der Waals surface area (Å²) in [6.07, 6.45) is 0. The van der Waals surface area contributed by atoms with Crippen LogP contribution in [0.25, 0.3) is 0 Å². The molecule has 0 aliphatic heterocycles. The molecule has 0 heterocycles. The van der Waals surface area contributed by atoms with Crippen molar-refractivity contribution < 1.29 is 18.4 Å². The molecule has 0 radical (unpaired) electrons. The SMILES string of the molecule is CC(C)C(NC(=O)c1ccccc1F)C(=O)N(C)Cc1ccc(F)cc1. The van der Waals surface area contributed by atoms with Gasteiger partial charge in [-0.3, -0.25) is 9.59 Å². The van der Waals surface area contributed by atoms with Gasteiger partial charge in [0.25, 0.3) is 5.91 Å². The molecule has 0 aliphatic carbocycles. The largest absolute Gasteiger partial charge is 0.340 e. The number of likely N-dealkylation sites (N-methyl/N-ethyl adjacent to an activating group) is 1. The number of hydrogen-bond acceptors (Lipinski definition) is 2. The van der Waals surface area contributed by atoms with Gasteiger partial charge in [-0.25, -0.2) is 8.78 Å². The van der Waals surface area contributed by atoms with Gasteiger partial charge in [-0.2, -0.15) is 0 Å². The van der Waals surface area contributed by atoms with E-state index in [0.29, 0.717) is 0 Å². The molecule has 0 fully saturated rings. The number of benzene rings is 2. The first-order valence-electron chi connectivity index (χ1n) is 8.34. The topological polar surface area (TPSA) is 49.4 Å². The van der Waals surface area contributed by atoms with E-state index in [9.17, 15) is 18.4 Å². The molecule has 6 heteroatoms.